The molecule has 0 radical (unpaired) electrons. The van der Waals surface area contributed by atoms with E-state index in [-0.39, 0.29) is 4.90 Å². The third-order valence-electron chi connectivity index (χ3n) is 3.34. The summed E-state index contributed by atoms with van der Waals surface area (Å²) in [7, 11) is -3.04. The fourth-order valence-corrected chi connectivity index (χ4v) is 3.32. The minimum atomic E-state index is -4.13. The number of nitrogens with one attached hydrogen (secondary N) is 1. The Balaban J connectivity index is 2.36. The van der Waals surface area contributed by atoms with E-state index in [1.54, 1.807) is 0 Å². The van der Waals surface area contributed by atoms with Crippen molar-refractivity contribution in [3.05, 3.63) is 65.5 Å². The monoisotopic (exact) mass is 379 g/mol. The second kappa shape index (κ2) is 8.48. The highest BCUT2D eigenvalue weighted by Gasteiger charge is 2.28. The number of ether oxygens (including phenoxy) is 2. The van der Waals surface area contributed by atoms with Gasteiger partial charge in [0.05, 0.1) is 18.6 Å². The van der Waals surface area contributed by atoms with Crippen LogP contribution in [0.3, 0.4) is 0 Å². The average Bonchev–Trinajstić information content (AvgIpc) is 2.63. The predicted octanol–water partition coefficient (Wildman–Crippen LogP) is 3.12. The number of sulfone groups is 1. The molecular formula is C18H18FNO5S. The summed E-state index contributed by atoms with van der Waals surface area (Å²) in [5, 5.41) is 2.66. The molecule has 0 spiro atoms. The first kappa shape index (κ1) is 19.5. The number of methoxy groups -OCH3 is 1. The van der Waals surface area contributed by atoms with Crippen LogP contribution in [0.1, 0.15) is 6.92 Å². The second-order valence-corrected chi connectivity index (χ2v) is 6.98. The number of benzene rings is 2. The summed E-state index contributed by atoms with van der Waals surface area (Å²) >= 11 is 0. The highest BCUT2D eigenvalue weighted by molar-refractivity contribution is 7.96. The molecule has 2 aromatic carbocycles. The number of hydrogen-bond acceptors (Lipinski definition) is 6. The van der Waals surface area contributed by atoms with Gasteiger partial charge >= 0.3 is 5.97 Å². The Labute approximate surface area is 151 Å². The molecule has 0 atom stereocenters. The van der Waals surface area contributed by atoms with E-state index in [4.69, 9.17) is 4.74 Å². The molecule has 0 aliphatic carbocycles. The number of esters is 1. The highest BCUT2D eigenvalue weighted by Crippen LogP contribution is 2.23. The van der Waals surface area contributed by atoms with Crippen LogP contribution in [0, 0.1) is 5.82 Å². The van der Waals surface area contributed by atoms with Crippen LogP contribution in [0.25, 0.3) is 0 Å². The zero-order valence-corrected chi connectivity index (χ0v) is 15.0. The average molecular weight is 379 g/mol. The van der Waals surface area contributed by atoms with Gasteiger partial charge in [0.25, 0.3) is 0 Å². The molecule has 0 heterocycles. The Kier molecular flexibility index (Phi) is 6.35. The van der Waals surface area contributed by atoms with E-state index >= 15 is 0 Å². The predicted molar refractivity (Wildman–Crippen MR) is 94.9 cm³/mol. The van der Waals surface area contributed by atoms with E-state index in [1.807, 2.05) is 6.92 Å². The van der Waals surface area contributed by atoms with Crippen LogP contribution >= 0.6 is 0 Å². The number of halogens is 1. The molecule has 2 aromatic rings. The molecule has 0 aliphatic rings. The quantitative estimate of drug-likeness (QED) is 0.588. The molecule has 0 bridgehead atoms. The number of rotatable bonds is 7. The van der Waals surface area contributed by atoms with Crippen LogP contribution in [0.5, 0.6) is 5.75 Å². The molecule has 2 rings (SSSR count). The van der Waals surface area contributed by atoms with Gasteiger partial charge in [0.1, 0.15) is 11.6 Å². The maximum Gasteiger partial charge on any atom is 0.351 e. The smallest absolute Gasteiger partial charge is 0.351 e. The Morgan fingerprint density at radius 3 is 2.27 bits per heavy atom. The Bertz CT molecular complexity index is 890. The van der Waals surface area contributed by atoms with Crippen LogP contribution in [-0.2, 0) is 19.4 Å². The van der Waals surface area contributed by atoms with Gasteiger partial charge in [0, 0.05) is 11.9 Å². The molecule has 0 aromatic heterocycles. The summed E-state index contributed by atoms with van der Waals surface area (Å²) in [5.41, 5.74) is 0.412. The maximum absolute atomic E-state index is 12.9. The van der Waals surface area contributed by atoms with Crippen molar-refractivity contribution in [1.82, 2.24) is 0 Å². The Hall–Kier alpha value is -2.87. The number of hydrogen-bond donors (Lipinski definition) is 1. The van der Waals surface area contributed by atoms with E-state index in [9.17, 15) is 17.6 Å². The fourth-order valence-electron chi connectivity index (χ4n) is 2.05. The first-order chi connectivity index (χ1) is 12.4. The molecule has 8 heteroatoms. The third-order valence-corrected chi connectivity index (χ3v) is 5.09. The SMILES string of the molecule is CCOc1ccc(S(=O)(=O)/C(=C/Nc2ccc(F)cc2)C(=O)OC)cc1. The maximum atomic E-state index is 12.9. The summed E-state index contributed by atoms with van der Waals surface area (Å²) in [4.78, 5) is 11.3. The molecule has 0 saturated carbocycles. The van der Waals surface area contributed by atoms with Crippen molar-refractivity contribution >= 4 is 21.5 Å². The van der Waals surface area contributed by atoms with Gasteiger partial charge < -0.3 is 14.8 Å². The lowest BCUT2D eigenvalue weighted by Crippen LogP contribution is -2.17. The largest absolute Gasteiger partial charge is 0.494 e. The Morgan fingerprint density at radius 1 is 1.12 bits per heavy atom. The summed E-state index contributed by atoms with van der Waals surface area (Å²) in [6, 6.07) is 10.9. The van der Waals surface area contributed by atoms with Crippen LogP contribution < -0.4 is 10.1 Å². The molecule has 1 N–H and O–H groups in total. The molecule has 0 saturated heterocycles. The molecule has 138 valence electrons. The van der Waals surface area contributed by atoms with Gasteiger partial charge in [-0.15, -0.1) is 0 Å². The topological polar surface area (TPSA) is 81.7 Å². The first-order valence-electron chi connectivity index (χ1n) is 7.67. The molecule has 6 nitrogen and oxygen atoms in total. The zero-order valence-electron chi connectivity index (χ0n) is 14.2. The molecule has 0 aliphatic heterocycles. The van der Waals surface area contributed by atoms with Crippen molar-refractivity contribution in [2.45, 2.75) is 11.8 Å². The minimum absolute atomic E-state index is 0.0847. The van der Waals surface area contributed by atoms with Crippen LogP contribution in [-0.4, -0.2) is 28.1 Å². The van der Waals surface area contributed by atoms with E-state index < -0.39 is 26.5 Å². The normalized spacial score (nSPS) is 11.7. The number of carbonyl (C=O) groups excluding carboxylic acids is 1. The summed E-state index contributed by atoms with van der Waals surface area (Å²) in [5.74, 6) is -0.942. The van der Waals surface area contributed by atoms with Crippen molar-refractivity contribution in [1.29, 1.82) is 0 Å². The molecule has 0 unspecified atom stereocenters. The van der Waals surface area contributed by atoms with E-state index in [2.05, 4.69) is 10.1 Å². The lowest BCUT2D eigenvalue weighted by Gasteiger charge is -2.10. The standard InChI is InChI=1S/C18H18FNO5S/c1-3-25-15-8-10-16(11-9-15)26(22,23)17(18(21)24-2)12-20-14-6-4-13(19)5-7-14/h4-12,20H,3H2,1-2H3/b17-12+. The van der Waals surface area contributed by atoms with Gasteiger partial charge in [-0.25, -0.2) is 17.6 Å². The zero-order chi connectivity index (χ0) is 19.2. The van der Waals surface area contributed by atoms with Gasteiger partial charge in [-0.2, -0.15) is 0 Å². The summed E-state index contributed by atoms with van der Waals surface area (Å²) in [6.45, 7) is 2.25. The first-order valence-corrected chi connectivity index (χ1v) is 9.15. The fraction of sp³-hybridized carbons (Fsp3) is 0.167. The second-order valence-electron chi connectivity index (χ2n) is 5.06. The van der Waals surface area contributed by atoms with Gasteiger partial charge in [-0.3, -0.25) is 0 Å². The molecule has 26 heavy (non-hydrogen) atoms. The lowest BCUT2D eigenvalue weighted by molar-refractivity contribution is -0.135. The van der Waals surface area contributed by atoms with Crippen molar-refractivity contribution in [2.24, 2.45) is 0 Å². The lowest BCUT2D eigenvalue weighted by atomic mass is 10.3. The third kappa shape index (κ3) is 4.60. The van der Waals surface area contributed by atoms with Crippen LogP contribution in [0.15, 0.2) is 64.5 Å². The Morgan fingerprint density at radius 2 is 1.73 bits per heavy atom. The highest BCUT2D eigenvalue weighted by atomic mass is 32.2. The number of anilines is 1. The number of carbonyl (C=O) groups is 1. The van der Waals surface area contributed by atoms with Crippen molar-refractivity contribution in [3.8, 4) is 5.75 Å². The minimum Gasteiger partial charge on any atom is -0.494 e. The molecule has 0 amide bonds. The van der Waals surface area contributed by atoms with Gasteiger partial charge in [0.2, 0.25) is 9.84 Å². The van der Waals surface area contributed by atoms with Crippen LogP contribution in [0.2, 0.25) is 0 Å². The van der Waals surface area contributed by atoms with Gasteiger partial charge in [-0.05, 0) is 55.5 Å². The van der Waals surface area contributed by atoms with E-state index in [0.29, 0.717) is 18.0 Å². The van der Waals surface area contributed by atoms with Gasteiger partial charge in [-0.1, -0.05) is 0 Å². The van der Waals surface area contributed by atoms with E-state index in [1.165, 1.54) is 48.5 Å². The molecular weight excluding hydrogens is 361 g/mol. The van der Waals surface area contributed by atoms with Crippen molar-refractivity contribution < 1.29 is 27.1 Å². The summed E-state index contributed by atoms with van der Waals surface area (Å²) in [6.07, 6.45) is 1.02. The summed E-state index contributed by atoms with van der Waals surface area (Å²) < 4.78 is 48.3. The van der Waals surface area contributed by atoms with Crippen LogP contribution in [0.4, 0.5) is 10.1 Å². The van der Waals surface area contributed by atoms with Gasteiger partial charge in [0.15, 0.2) is 4.91 Å². The molecule has 0 fully saturated rings. The van der Waals surface area contributed by atoms with Crippen molar-refractivity contribution in [3.63, 3.8) is 0 Å². The van der Waals surface area contributed by atoms with Crippen molar-refractivity contribution in [2.75, 3.05) is 19.0 Å². The van der Waals surface area contributed by atoms with E-state index in [0.717, 1.165) is 13.3 Å².